The van der Waals surface area contributed by atoms with Crippen molar-refractivity contribution in [3.63, 3.8) is 0 Å². The molecule has 4 rings (SSSR count). The Morgan fingerprint density at radius 2 is 2.18 bits per heavy atom. The van der Waals surface area contributed by atoms with Gasteiger partial charge in [-0.05, 0) is 44.9 Å². The number of rotatable bonds is 5. The number of aromatic nitrogens is 1. The van der Waals surface area contributed by atoms with Gasteiger partial charge in [-0.3, -0.25) is 19.9 Å². The molecule has 1 aromatic carbocycles. The Balaban J connectivity index is 1.44. The van der Waals surface area contributed by atoms with E-state index in [0.29, 0.717) is 6.42 Å². The van der Waals surface area contributed by atoms with Gasteiger partial charge in [-0.2, -0.15) is 5.01 Å². The Morgan fingerprint density at radius 1 is 1.39 bits per heavy atom. The van der Waals surface area contributed by atoms with Gasteiger partial charge in [0.15, 0.2) is 0 Å². The second kappa shape index (κ2) is 7.14. The zero-order valence-electron chi connectivity index (χ0n) is 15.9. The number of nitrogens with one attached hydrogen (secondary N) is 2. The maximum absolute atomic E-state index is 12.6. The molecule has 2 saturated heterocycles. The van der Waals surface area contributed by atoms with Crippen LogP contribution in [-0.4, -0.2) is 51.4 Å². The lowest BCUT2D eigenvalue weighted by molar-refractivity contribution is -0.139. The van der Waals surface area contributed by atoms with Crippen LogP contribution >= 0.6 is 11.3 Å². The standard InChI is InChI=1S/C19H23N5O3S/c1-3-19(2)17(26)24(18(27)21-19)22-15(25)11-23-10-6-8-13(23)16-20-12-7-4-5-9-14(12)28-16/h4-5,7,9,13H,3,6,8,10-11H2,1-2H3,(H,21,27)(H,22,25). The molecule has 2 fully saturated rings. The van der Waals surface area contributed by atoms with E-state index in [2.05, 4.69) is 15.6 Å². The molecule has 2 atom stereocenters. The molecule has 0 radical (unpaired) electrons. The third-order valence-corrected chi connectivity index (χ3v) is 6.65. The summed E-state index contributed by atoms with van der Waals surface area (Å²) in [6, 6.07) is 7.48. The predicted octanol–water partition coefficient (Wildman–Crippen LogP) is 2.18. The van der Waals surface area contributed by atoms with Crippen LogP contribution in [0.4, 0.5) is 4.79 Å². The van der Waals surface area contributed by atoms with Crippen LogP contribution in [0.1, 0.15) is 44.2 Å². The molecule has 8 nitrogen and oxygen atoms in total. The van der Waals surface area contributed by atoms with Crippen LogP contribution in [0.25, 0.3) is 10.2 Å². The van der Waals surface area contributed by atoms with Crippen LogP contribution in [0.15, 0.2) is 24.3 Å². The van der Waals surface area contributed by atoms with Gasteiger partial charge >= 0.3 is 6.03 Å². The van der Waals surface area contributed by atoms with Crippen LogP contribution in [-0.2, 0) is 9.59 Å². The summed E-state index contributed by atoms with van der Waals surface area (Å²) in [6.45, 7) is 4.36. The average molecular weight is 401 g/mol. The Hall–Kier alpha value is -2.52. The molecule has 0 spiro atoms. The first-order valence-electron chi connectivity index (χ1n) is 9.47. The van der Waals surface area contributed by atoms with Gasteiger partial charge < -0.3 is 5.32 Å². The molecular weight excluding hydrogens is 378 g/mol. The molecule has 2 N–H and O–H groups in total. The molecule has 0 saturated carbocycles. The highest BCUT2D eigenvalue weighted by Gasteiger charge is 2.47. The molecule has 0 aliphatic carbocycles. The molecule has 2 aromatic rings. The minimum absolute atomic E-state index is 0.0761. The van der Waals surface area contributed by atoms with E-state index in [1.807, 2.05) is 31.2 Å². The number of likely N-dealkylation sites (tertiary alicyclic amines) is 1. The molecule has 1 aromatic heterocycles. The third-order valence-electron chi connectivity index (χ3n) is 5.51. The molecule has 2 aliphatic rings. The number of hydrazine groups is 1. The average Bonchev–Trinajstić information content (AvgIpc) is 3.35. The minimum atomic E-state index is -0.971. The topological polar surface area (TPSA) is 94.6 Å². The summed E-state index contributed by atoms with van der Waals surface area (Å²) in [6.07, 6.45) is 2.37. The number of nitrogens with zero attached hydrogens (tertiary/aromatic N) is 3. The summed E-state index contributed by atoms with van der Waals surface area (Å²) in [5, 5.41) is 4.43. The Bertz CT molecular complexity index is 912. The van der Waals surface area contributed by atoms with E-state index in [9.17, 15) is 14.4 Å². The van der Waals surface area contributed by atoms with Crippen LogP contribution < -0.4 is 10.7 Å². The van der Waals surface area contributed by atoms with Crippen molar-refractivity contribution in [1.29, 1.82) is 0 Å². The van der Waals surface area contributed by atoms with E-state index in [0.717, 1.165) is 39.6 Å². The van der Waals surface area contributed by atoms with Crippen molar-refractivity contribution in [3.05, 3.63) is 29.3 Å². The highest BCUT2D eigenvalue weighted by Crippen LogP contribution is 2.36. The van der Waals surface area contributed by atoms with E-state index in [-0.39, 0.29) is 18.5 Å². The highest BCUT2D eigenvalue weighted by atomic mass is 32.1. The number of fused-ring (bicyclic) bond motifs is 1. The maximum Gasteiger partial charge on any atom is 0.344 e. The lowest BCUT2D eigenvalue weighted by atomic mass is 10.00. The highest BCUT2D eigenvalue weighted by molar-refractivity contribution is 7.18. The van der Waals surface area contributed by atoms with E-state index in [4.69, 9.17) is 4.98 Å². The number of hydrogen-bond acceptors (Lipinski definition) is 6. The molecule has 148 valence electrons. The predicted molar refractivity (Wildman–Crippen MR) is 105 cm³/mol. The van der Waals surface area contributed by atoms with Crippen molar-refractivity contribution in [1.82, 2.24) is 25.6 Å². The fourth-order valence-corrected chi connectivity index (χ4v) is 4.83. The van der Waals surface area contributed by atoms with Gasteiger partial charge in [-0.15, -0.1) is 11.3 Å². The van der Waals surface area contributed by atoms with Crippen molar-refractivity contribution in [2.45, 2.75) is 44.7 Å². The Kier molecular flexibility index (Phi) is 4.80. The SMILES string of the molecule is CCC1(C)NC(=O)N(NC(=O)CN2CCCC2c2nc3ccccc3s2)C1=O. The van der Waals surface area contributed by atoms with E-state index < -0.39 is 17.5 Å². The lowest BCUT2D eigenvalue weighted by Gasteiger charge is -2.24. The summed E-state index contributed by atoms with van der Waals surface area (Å²) in [5.74, 6) is -0.811. The summed E-state index contributed by atoms with van der Waals surface area (Å²) < 4.78 is 1.13. The smallest absolute Gasteiger partial charge is 0.322 e. The molecule has 9 heteroatoms. The van der Waals surface area contributed by atoms with Crippen molar-refractivity contribution in [2.75, 3.05) is 13.1 Å². The summed E-state index contributed by atoms with van der Waals surface area (Å²) in [5.41, 5.74) is 2.47. The Labute approximate surface area is 166 Å². The molecular formula is C19H23N5O3S. The van der Waals surface area contributed by atoms with Crippen molar-refractivity contribution < 1.29 is 14.4 Å². The van der Waals surface area contributed by atoms with Gasteiger partial charge in [-0.25, -0.2) is 9.78 Å². The monoisotopic (exact) mass is 401 g/mol. The number of thiazole rings is 1. The van der Waals surface area contributed by atoms with Crippen molar-refractivity contribution >= 4 is 39.4 Å². The van der Waals surface area contributed by atoms with Gasteiger partial charge in [-0.1, -0.05) is 19.1 Å². The van der Waals surface area contributed by atoms with Crippen molar-refractivity contribution in [3.8, 4) is 0 Å². The molecule has 28 heavy (non-hydrogen) atoms. The zero-order chi connectivity index (χ0) is 19.9. The van der Waals surface area contributed by atoms with E-state index >= 15 is 0 Å². The summed E-state index contributed by atoms with van der Waals surface area (Å²) in [7, 11) is 0. The second-order valence-electron chi connectivity index (χ2n) is 7.44. The first-order valence-corrected chi connectivity index (χ1v) is 10.3. The van der Waals surface area contributed by atoms with Gasteiger partial charge in [0.25, 0.3) is 11.8 Å². The number of hydrogen-bond donors (Lipinski definition) is 2. The fraction of sp³-hybridized carbons (Fsp3) is 0.474. The van der Waals surface area contributed by atoms with Crippen LogP contribution in [0.5, 0.6) is 0 Å². The molecule has 4 amide bonds. The quantitative estimate of drug-likeness (QED) is 0.749. The lowest BCUT2D eigenvalue weighted by Crippen LogP contribution is -2.51. The van der Waals surface area contributed by atoms with Gasteiger partial charge in [0.1, 0.15) is 10.5 Å². The number of carbonyl (C=O) groups is 3. The number of imide groups is 1. The minimum Gasteiger partial charge on any atom is -0.322 e. The third kappa shape index (κ3) is 3.24. The number of para-hydroxylation sites is 1. The van der Waals surface area contributed by atoms with Gasteiger partial charge in [0.05, 0.1) is 22.8 Å². The first kappa shape index (κ1) is 18.8. The number of benzene rings is 1. The fourth-order valence-electron chi connectivity index (χ4n) is 3.70. The van der Waals surface area contributed by atoms with Crippen LogP contribution in [0, 0.1) is 0 Å². The largest absolute Gasteiger partial charge is 0.344 e. The normalized spacial score (nSPS) is 25.5. The van der Waals surface area contributed by atoms with E-state index in [1.54, 1.807) is 18.3 Å². The number of urea groups is 1. The number of amides is 4. The second-order valence-corrected chi connectivity index (χ2v) is 8.50. The molecule has 0 bridgehead atoms. The zero-order valence-corrected chi connectivity index (χ0v) is 16.7. The molecule has 3 heterocycles. The summed E-state index contributed by atoms with van der Waals surface area (Å²) >= 11 is 1.65. The number of carbonyl (C=O) groups excluding carboxylic acids is 3. The van der Waals surface area contributed by atoms with Gasteiger partial charge in [0.2, 0.25) is 0 Å². The van der Waals surface area contributed by atoms with Crippen LogP contribution in [0.3, 0.4) is 0 Å². The summed E-state index contributed by atoms with van der Waals surface area (Å²) in [4.78, 5) is 43.8. The van der Waals surface area contributed by atoms with Crippen LogP contribution in [0.2, 0.25) is 0 Å². The van der Waals surface area contributed by atoms with E-state index in [1.165, 1.54) is 0 Å². The first-order chi connectivity index (χ1) is 13.4. The van der Waals surface area contributed by atoms with Crippen molar-refractivity contribution in [2.24, 2.45) is 0 Å². The molecule has 2 unspecified atom stereocenters. The molecule has 2 aliphatic heterocycles. The Morgan fingerprint density at radius 3 is 2.89 bits per heavy atom. The maximum atomic E-state index is 12.6. The van der Waals surface area contributed by atoms with Gasteiger partial charge in [0, 0.05) is 0 Å².